The lowest BCUT2D eigenvalue weighted by Gasteiger charge is -2.06. The normalized spacial score (nSPS) is 11.5. The number of hydrogen-bond donors (Lipinski definition) is 1. The number of nitrogens with one attached hydrogen (secondary N) is 1. The van der Waals surface area contributed by atoms with Gasteiger partial charge in [-0.3, -0.25) is 4.79 Å². The quantitative estimate of drug-likeness (QED) is 0.382. The van der Waals surface area contributed by atoms with E-state index in [4.69, 9.17) is 0 Å². The van der Waals surface area contributed by atoms with Crippen molar-refractivity contribution in [2.45, 2.75) is 40.0 Å². The molecule has 1 heterocycles. The molecule has 0 aliphatic rings. The Labute approximate surface area is 188 Å². The van der Waals surface area contributed by atoms with Crippen LogP contribution in [0.4, 0.5) is 5.69 Å². The first-order chi connectivity index (χ1) is 15.4. The van der Waals surface area contributed by atoms with E-state index in [0.29, 0.717) is 5.92 Å². The van der Waals surface area contributed by atoms with Crippen LogP contribution in [0.15, 0.2) is 66.7 Å². The van der Waals surface area contributed by atoms with Crippen molar-refractivity contribution in [1.82, 2.24) is 15.0 Å². The Morgan fingerprint density at radius 1 is 1.00 bits per heavy atom. The average Bonchev–Trinajstić information content (AvgIpc) is 3.21. The summed E-state index contributed by atoms with van der Waals surface area (Å²) in [5.74, 6) is 0.311. The number of hydrogen-bond acceptors (Lipinski definition) is 3. The Bertz CT molecular complexity index is 1270. The van der Waals surface area contributed by atoms with Crippen LogP contribution in [0, 0.1) is 6.92 Å². The van der Waals surface area contributed by atoms with E-state index in [2.05, 4.69) is 60.6 Å². The van der Waals surface area contributed by atoms with Gasteiger partial charge in [-0.25, -0.2) is 0 Å². The molecule has 3 aromatic carbocycles. The van der Waals surface area contributed by atoms with Crippen LogP contribution < -0.4 is 5.32 Å². The summed E-state index contributed by atoms with van der Waals surface area (Å²) >= 11 is 0. The Kier molecular flexibility index (Phi) is 6.17. The third-order valence-corrected chi connectivity index (χ3v) is 5.59. The maximum Gasteiger partial charge on any atom is 0.248 e. The highest BCUT2D eigenvalue weighted by Gasteiger charge is 2.10. The number of carbonyl (C=O) groups is 1. The van der Waals surface area contributed by atoms with Crippen LogP contribution in [-0.4, -0.2) is 20.9 Å². The number of amides is 1. The second-order valence-corrected chi connectivity index (χ2v) is 8.31. The van der Waals surface area contributed by atoms with Crippen LogP contribution in [0.25, 0.3) is 22.8 Å². The van der Waals surface area contributed by atoms with Crippen molar-refractivity contribution in [3.05, 3.63) is 89.0 Å². The molecule has 0 fully saturated rings. The third kappa shape index (κ3) is 4.78. The Morgan fingerprint density at radius 3 is 2.28 bits per heavy atom. The second-order valence-electron chi connectivity index (χ2n) is 8.31. The molecule has 162 valence electrons. The molecule has 0 saturated carbocycles. The van der Waals surface area contributed by atoms with E-state index in [9.17, 15) is 4.79 Å². The lowest BCUT2D eigenvalue weighted by atomic mass is 10.0. The molecular weight excluding hydrogens is 396 g/mol. The van der Waals surface area contributed by atoms with Gasteiger partial charge in [-0.1, -0.05) is 57.2 Å². The molecule has 5 nitrogen and oxygen atoms in total. The zero-order valence-electron chi connectivity index (χ0n) is 19.0. The fourth-order valence-corrected chi connectivity index (χ4v) is 3.52. The molecule has 0 spiro atoms. The molecule has 0 unspecified atom stereocenters. The van der Waals surface area contributed by atoms with Gasteiger partial charge < -0.3 is 5.32 Å². The number of benzene rings is 3. The molecule has 0 aliphatic heterocycles. The van der Waals surface area contributed by atoms with Gasteiger partial charge >= 0.3 is 0 Å². The fraction of sp³-hybridized carbons (Fsp3) is 0.222. The van der Waals surface area contributed by atoms with Crippen molar-refractivity contribution in [3.63, 3.8) is 0 Å². The molecule has 4 rings (SSSR count). The number of carbonyl (C=O) groups excluding carboxylic acids is 1. The smallest absolute Gasteiger partial charge is 0.248 e. The van der Waals surface area contributed by atoms with E-state index in [1.807, 2.05) is 49.4 Å². The van der Waals surface area contributed by atoms with Crippen molar-refractivity contribution in [3.8, 4) is 5.69 Å². The van der Waals surface area contributed by atoms with Crippen LogP contribution in [0.2, 0.25) is 0 Å². The summed E-state index contributed by atoms with van der Waals surface area (Å²) < 4.78 is 0. The topological polar surface area (TPSA) is 59.8 Å². The minimum Gasteiger partial charge on any atom is -0.322 e. The summed E-state index contributed by atoms with van der Waals surface area (Å²) in [6, 6.07) is 20.3. The van der Waals surface area contributed by atoms with E-state index >= 15 is 0 Å². The summed E-state index contributed by atoms with van der Waals surface area (Å²) in [6.07, 6.45) is 4.37. The van der Waals surface area contributed by atoms with E-state index in [-0.39, 0.29) is 5.91 Å². The first kappa shape index (κ1) is 21.5. The first-order valence-electron chi connectivity index (χ1n) is 11.0. The molecule has 0 radical (unpaired) electrons. The molecule has 1 aromatic heterocycles. The molecule has 32 heavy (non-hydrogen) atoms. The van der Waals surface area contributed by atoms with Crippen LogP contribution in [-0.2, 0) is 11.2 Å². The van der Waals surface area contributed by atoms with Gasteiger partial charge in [0.15, 0.2) is 0 Å². The minimum atomic E-state index is -0.178. The summed E-state index contributed by atoms with van der Waals surface area (Å²) in [4.78, 5) is 14.1. The van der Waals surface area contributed by atoms with Gasteiger partial charge in [-0.15, -0.1) is 10.2 Å². The van der Waals surface area contributed by atoms with Gasteiger partial charge in [-0.05, 0) is 71.9 Å². The number of rotatable bonds is 6. The van der Waals surface area contributed by atoms with Gasteiger partial charge in [0.25, 0.3) is 0 Å². The number of aromatic nitrogens is 3. The zero-order chi connectivity index (χ0) is 22.7. The highest BCUT2D eigenvalue weighted by molar-refractivity contribution is 6.03. The van der Waals surface area contributed by atoms with Gasteiger partial charge in [0.05, 0.1) is 5.69 Å². The number of aryl methyl sites for hydroxylation is 2. The highest BCUT2D eigenvalue weighted by Crippen LogP contribution is 2.22. The molecule has 1 amide bonds. The maximum absolute atomic E-state index is 12.5. The van der Waals surface area contributed by atoms with E-state index in [0.717, 1.165) is 40.0 Å². The zero-order valence-corrected chi connectivity index (χ0v) is 19.0. The summed E-state index contributed by atoms with van der Waals surface area (Å²) in [7, 11) is 0. The number of fused-ring (bicyclic) bond motifs is 1. The predicted octanol–water partition coefficient (Wildman–Crippen LogP) is 6.07. The van der Waals surface area contributed by atoms with Crippen LogP contribution in [0.1, 0.15) is 48.9 Å². The maximum atomic E-state index is 12.5. The molecule has 0 bridgehead atoms. The fourth-order valence-electron chi connectivity index (χ4n) is 3.52. The second kappa shape index (κ2) is 9.18. The molecule has 5 heteroatoms. The third-order valence-electron chi connectivity index (χ3n) is 5.59. The first-order valence-corrected chi connectivity index (χ1v) is 11.0. The van der Waals surface area contributed by atoms with E-state index in [1.54, 1.807) is 10.9 Å². The average molecular weight is 425 g/mol. The summed E-state index contributed by atoms with van der Waals surface area (Å²) in [5, 5.41) is 12.2. The van der Waals surface area contributed by atoms with Gasteiger partial charge in [0, 0.05) is 11.8 Å². The van der Waals surface area contributed by atoms with Crippen molar-refractivity contribution < 1.29 is 4.79 Å². The Balaban J connectivity index is 1.50. The van der Waals surface area contributed by atoms with Crippen LogP contribution in [0.3, 0.4) is 0 Å². The van der Waals surface area contributed by atoms with Gasteiger partial charge in [0.1, 0.15) is 11.0 Å². The van der Waals surface area contributed by atoms with Crippen molar-refractivity contribution in [2.75, 3.05) is 5.32 Å². The summed E-state index contributed by atoms with van der Waals surface area (Å²) in [6.45, 7) is 8.42. The molecule has 0 atom stereocenters. The van der Waals surface area contributed by atoms with E-state index < -0.39 is 0 Å². The van der Waals surface area contributed by atoms with Crippen molar-refractivity contribution in [1.29, 1.82) is 0 Å². The van der Waals surface area contributed by atoms with Crippen molar-refractivity contribution >= 4 is 28.7 Å². The molecule has 0 saturated heterocycles. The molecule has 0 aliphatic carbocycles. The molecular formula is C27H28N4O. The lowest BCUT2D eigenvalue weighted by molar-refractivity contribution is -0.111. The monoisotopic (exact) mass is 424 g/mol. The SMILES string of the molecule is CCc1ccc(-n2nc3cc(C)c(NC(=O)/C=C/c4ccc(C(C)C)cc4)cc3n2)cc1. The summed E-state index contributed by atoms with van der Waals surface area (Å²) in [5.41, 5.74) is 7.66. The Morgan fingerprint density at radius 2 is 1.66 bits per heavy atom. The highest BCUT2D eigenvalue weighted by atomic mass is 16.1. The molecule has 4 aromatic rings. The molecule has 1 N–H and O–H groups in total. The van der Waals surface area contributed by atoms with Crippen LogP contribution in [0.5, 0.6) is 0 Å². The predicted molar refractivity (Wildman–Crippen MR) is 131 cm³/mol. The van der Waals surface area contributed by atoms with Crippen LogP contribution >= 0.6 is 0 Å². The standard InChI is InChI=1S/C27H28N4O/c1-5-20-8-13-23(14-9-20)31-29-25-16-19(4)24(17-26(25)30-31)28-27(32)15-10-21-6-11-22(12-7-21)18(2)3/h6-18H,5H2,1-4H3,(H,28,32)/b15-10+. The lowest BCUT2D eigenvalue weighted by Crippen LogP contribution is -2.08. The number of anilines is 1. The largest absolute Gasteiger partial charge is 0.322 e. The van der Waals surface area contributed by atoms with Gasteiger partial charge in [0.2, 0.25) is 5.91 Å². The Hall–Kier alpha value is -3.73. The van der Waals surface area contributed by atoms with Crippen molar-refractivity contribution in [2.24, 2.45) is 0 Å². The number of nitrogens with zero attached hydrogens (tertiary/aromatic N) is 3. The van der Waals surface area contributed by atoms with Gasteiger partial charge in [-0.2, -0.15) is 4.80 Å². The minimum absolute atomic E-state index is 0.178. The van der Waals surface area contributed by atoms with E-state index in [1.165, 1.54) is 11.1 Å².